The Morgan fingerprint density at radius 1 is 1.29 bits per heavy atom. The highest BCUT2D eigenvalue weighted by Crippen LogP contribution is 2.40. The lowest BCUT2D eigenvalue weighted by atomic mass is 9.98. The largest absolute Gasteiger partial charge is 0.341 e. The van der Waals surface area contributed by atoms with E-state index >= 15 is 0 Å². The minimum atomic E-state index is -0.592. The molecule has 0 radical (unpaired) electrons. The van der Waals surface area contributed by atoms with Crippen molar-refractivity contribution in [1.82, 2.24) is 0 Å². The number of rotatable bonds is 1. The van der Waals surface area contributed by atoms with Gasteiger partial charge in [0, 0.05) is 5.92 Å². The Hall–Kier alpha value is -0.450. The Kier molecular flexibility index (Phi) is 2.17. The van der Waals surface area contributed by atoms with Crippen molar-refractivity contribution in [2.45, 2.75) is 52.0 Å². The van der Waals surface area contributed by atoms with Gasteiger partial charge in [-0.25, -0.2) is 0 Å². The van der Waals surface area contributed by atoms with Crippen molar-refractivity contribution in [3.05, 3.63) is 0 Å². The van der Waals surface area contributed by atoms with Gasteiger partial charge in [0.15, 0.2) is 17.9 Å². The maximum absolute atomic E-state index is 11.2. The number of ether oxygens (including phenoxy) is 3. The first-order chi connectivity index (χ1) is 6.41. The predicted octanol–water partition coefficient (Wildman–Crippen LogP) is 1.09. The Balaban J connectivity index is 2.11. The summed E-state index contributed by atoms with van der Waals surface area (Å²) in [5.74, 6) is -0.484. The smallest absolute Gasteiger partial charge is 0.188 e. The molecule has 0 aromatic carbocycles. The zero-order valence-electron chi connectivity index (χ0n) is 8.94. The predicted molar refractivity (Wildman–Crippen MR) is 48.5 cm³/mol. The maximum Gasteiger partial charge on any atom is 0.188 e. The fourth-order valence-corrected chi connectivity index (χ4v) is 2.12. The second kappa shape index (κ2) is 3.02. The van der Waals surface area contributed by atoms with Gasteiger partial charge >= 0.3 is 0 Å². The highest BCUT2D eigenvalue weighted by molar-refractivity contribution is 5.81. The van der Waals surface area contributed by atoms with Crippen molar-refractivity contribution in [2.24, 2.45) is 5.92 Å². The van der Waals surface area contributed by atoms with Crippen LogP contribution < -0.4 is 0 Å². The molecule has 0 bridgehead atoms. The molecule has 0 N–H and O–H groups in total. The van der Waals surface area contributed by atoms with E-state index in [2.05, 4.69) is 0 Å². The van der Waals surface area contributed by atoms with Gasteiger partial charge in [0.25, 0.3) is 0 Å². The minimum absolute atomic E-state index is 0.0388. The molecule has 0 aromatic rings. The number of fused-ring (bicyclic) bond motifs is 1. The van der Waals surface area contributed by atoms with Crippen molar-refractivity contribution < 1.29 is 19.0 Å². The van der Waals surface area contributed by atoms with Crippen LogP contribution in [0.4, 0.5) is 0 Å². The summed E-state index contributed by atoms with van der Waals surface area (Å²) >= 11 is 0. The van der Waals surface area contributed by atoms with Gasteiger partial charge in [-0.15, -0.1) is 0 Å². The second-order valence-electron chi connectivity index (χ2n) is 4.49. The van der Waals surface area contributed by atoms with Gasteiger partial charge in [-0.2, -0.15) is 0 Å². The molecule has 2 heterocycles. The summed E-state index contributed by atoms with van der Waals surface area (Å²) in [4.78, 5) is 11.2. The molecule has 2 aliphatic rings. The van der Waals surface area contributed by atoms with Crippen LogP contribution in [0.1, 0.15) is 27.7 Å². The molecule has 4 heteroatoms. The molecular weight excluding hydrogens is 184 g/mol. The number of Topliss-reactive ketones (excluding diaryl/α,β-unsaturated/α-hetero) is 1. The van der Waals surface area contributed by atoms with Crippen molar-refractivity contribution in [1.29, 1.82) is 0 Å². The minimum Gasteiger partial charge on any atom is -0.341 e. The quantitative estimate of drug-likeness (QED) is 0.635. The van der Waals surface area contributed by atoms with Crippen LogP contribution in [-0.2, 0) is 19.0 Å². The molecule has 0 aromatic heterocycles. The normalized spacial score (nSPS) is 45.1. The highest BCUT2D eigenvalue weighted by atomic mass is 16.8. The Morgan fingerprint density at radius 3 is 2.43 bits per heavy atom. The standard InChI is InChI=1S/C10H16O4/c1-5-7(6(2)11)12-9-8(5)13-10(3,4)14-9/h5,7-9H,1-4H3/t5-,7+,8-,9-/m1/s1. The van der Waals surface area contributed by atoms with Gasteiger partial charge in [-0.1, -0.05) is 6.92 Å². The van der Waals surface area contributed by atoms with Crippen LogP contribution in [0.25, 0.3) is 0 Å². The summed E-state index contributed by atoms with van der Waals surface area (Å²) in [7, 11) is 0. The van der Waals surface area contributed by atoms with Gasteiger partial charge in [-0.05, 0) is 20.8 Å². The van der Waals surface area contributed by atoms with Gasteiger partial charge in [-0.3, -0.25) is 4.79 Å². The van der Waals surface area contributed by atoms with E-state index in [9.17, 15) is 4.79 Å². The maximum atomic E-state index is 11.2. The number of hydrogen-bond donors (Lipinski definition) is 0. The van der Waals surface area contributed by atoms with Gasteiger partial charge in [0.2, 0.25) is 0 Å². The Bertz CT molecular complexity index is 261. The highest BCUT2D eigenvalue weighted by Gasteiger charge is 2.53. The van der Waals surface area contributed by atoms with E-state index in [0.717, 1.165) is 0 Å². The Morgan fingerprint density at radius 2 is 1.93 bits per heavy atom. The molecule has 0 saturated carbocycles. The fraction of sp³-hybridized carbons (Fsp3) is 0.900. The van der Waals surface area contributed by atoms with E-state index in [-0.39, 0.29) is 30.2 Å². The van der Waals surface area contributed by atoms with E-state index in [1.54, 1.807) is 0 Å². The number of hydrogen-bond acceptors (Lipinski definition) is 4. The second-order valence-corrected chi connectivity index (χ2v) is 4.49. The SMILES string of the molecule is CC(=O)[C@H]1O[C@@H]2OC(C)(C)O[C@@H]2[C@@H]1C. The van der Waals surface area contributed by atoms with Gasteiger partial charge in [0.1, 0.15) is 12.2 Å². The first-order valence-electron chi connectivity index (χ1n) is 4.92. The average molecular weight is 200 g/mol. The molecule has 80 valence electrons. The summed E-state index contributed by atoms with van der Waals surface area (Å²) in [5, 5.41) is 0. The van der Waals surface area contributed by atoms with Crippen LogP contribution in [0.5, 0.6) is 0 Å². The van der Waals surface area contributed by atoms with E-state index in [1.165, 1.54) is 6.92 Å². The third-order valence-corrected chi connectivity index (χ3v) is 2.77. The number of carbonyl (C=O) groups excluding carboxylic acids is 1. The molecule has 2 aliphatic heterocycles. The zero-order valence-corrected chi connectivity index (χ0v) is 8.94. The molecular formula is C10H16O4. The summed E-state index contributed by atoms with van der Waals surface area (Å²) in [6.07, 6.45) is -0.867. The van der Waals surface area contributed by atoms with Crippen molar-refractivity contribution in [3.63, 3.8) is 0 Å². The first kappa shape index (κ1) is 10.1. The average Bonchev–Trinajstić information content (AvgIpc) is 2.46. The van der Waals surface area contributed by atoms with Crippen LogP contribution >= 0.6 is 0 Å². The van der Waals surface area contributed by atoms with Crippen LogP contribution in [0, 0.1) is 5.92 Å². The molecule has 0 amide bonds. The van der Waals surface area contributed by atoms with Gasteiger partial charge in [0.05, 0.1) is 0 Å². The van der Waals surface area contributed by atoms with E-state index in [0.29, 0.717) is 0 Å². The molecule has 14 heavy (non-hydrogen) atoms. The number of carbonyl (C=O) groups is 1. The molecule has 0 aliphatic carbocycles. The monoisotopic (exact) mass is 200 g/mol. The fourth-order valence-electron chi connectivity index (χ4n) is 2.12. The zero-order chi connectivity index (χ0) is 10.5. The van der Waals surface area contributed by atoms with Crippen molar-refractivity contribution in [2.75, 3.05) is 0 Å². The van der Waals surface area contributed by atoms with Crippen LogP contribution in [0.3, 0.4) is 0 Å². The number of ketones is 1. The first-order valence-corrected chi connectivity index (χ1v) is 4.92. The lowest BCUT2D eigenvalue weighted by Crippen LogP contribution is -2.31. The molecule has 2 rings (SSSR count). The topological polar surface area (TPSA) is 44.8 Å². The van der Waals surface area contributed by atoms with E-state index < -0.39 is 5.79 Å². The molecule has 2 saturated heterocycles. The molecule has 4 nitrogen and oxygen atoms in total. The third kappa shape index (κ3) is 1.47. The summed E-state index contributed by atoms with van der Waals surface area (Å²) in [6.45, 7) is 7.20. The molecule has 0 unspecified atom stereocenters. The van der Waals surface area contributed by atoms with Crippen LogP contribution in [0.15, 0.2) is 0 Å². The summed E-state index contributed by atoms with van der Waals surface area (Å²) in [6, 6.07) is 0. The van der Waals surface area contributed by atoms with Crippen LogP contribution in [-0.4, -0.2) is 30.1 Å². The van der Waals surface area contributed by atoms with E-state index in [1.807, 2.05) is 20.8 Å². The van der Waals surface area contributed by atoms with E-state index in [4.69, 9.17) is 14.2 Å². The lowest BCUT2D eigenvalue weighted by molar-refractivity contribution is -0.209. The van der Waals surface area contributed by atoms with Gasteiger partial charge < -0.3 is 14.2 Å². The third-order valence-electron chi connectivity index (χ3n) is 2.77. The molecule has 4 atom stereocenters. The Labute approximate surface area is 83.5 Å². The lowest BCUT2D eigenvalue weighted by Gasteiger charge is -2.22. The molecule has 2 fully saturated rings. The molecule has 0 spiro atoms. The van der Waals surface area contributed by atoms with Crippen LogP contribution in [0.2, 0.25) is 0 Å². The summed E-state index contributed by atoms with van der Waals surface area (Å²) in [5.41, 5.74) is 0. The summed E-state index contributed by atoms with van der Waals surface area (Å²) < 4.78 is 16.7. The van der Waals surface area contributed by atoms with Crippen molar-refractivity contribution >= 4 is 5.78 Å². The van der Waals surface area contributed by atoms with Crippen molar-refractivity contribution in [3.8, 4) is 0 Å².